The summed E-state index contributed by atoms with van der Waals surface area (Å²) in [5, 5.41) is 8.91. The Morgan fingerprint density at radius 2 is 2.12 bits per heavy atom. The molecule has 1 atom stereocenters. The van der Waals surface area contributed by atoms with Crippen LogP contribution in [0.1, 0.15) is 27.2 Å². The van der Waals surface area contributed by atoms with Gasteiger partial charge in [-0.25, -0.2) is 9.59 Å². The van der Waals surface area contributed by atoms with Gasteiger partial charge >= 0.3 is 12.1 Å². The van der Waals surface area contributed by atoms with Crippen LogP contribution in [-0.4, -0.2) is 40.3 Å². The van der Waals surface area contributed by atoms with Crippen molar-refractivity contribution in [3.63, 3.8) is 0 Å². The number of carboxylic acid groups (broad SMARTS) is 1. The summed E-state index contributed by atoms with van der Waals surface area (Å²) in [6.45, 7) is 5.63. The molecule has 1 rings (SSSR count). The van der Waals surface area contributed by atoms with Crippen molar-refractivity contribution in [3.8, 4) is 0 Å². The molecular formula is C11H18N2O4. The minimum atomic E-state index is -1.11. The zero-order valence-corrected chi connectivity index (χ0v) is 10.3. The first-order valence-electron chi connectivity index (χ1n) is 5.41. The molecule has 1 aliphatic heterocycles. The van der Waals surface area contributed by atoms with Crippen LogP contribution in [0, 0.1) is 0 Å². The highest BCUT2D eigenvalue weighted by Crippen LogP contribution is 2.17. The highest BCUT2D eigenvalue weighted by atomic mass is 16.6. The minimum Gasteiger partial charge on any atom is -0.478 e. The fraction of sp³-hybridized carbons (Fsp3) is 0.636. The van der Waals surface area contributed by atoms with Gasteiger partial charge in [-0.2, -0.15) is 0 Å². The molecule has 3 N–H and O–H groups in total. The standard InChI is InChI=1S/C11H18N2O4/c1-11(2,3)17-10(16)13-5-4-8(12)7(6-13)9(14)15/h6,8H,4-5,12H2,1-3H3,(H,14,15)/t8-/m1/s1. The maximum Gasteiger partial charge on any atom is 0.414 e. The fourth-order valence-corrected chi connectivity index (χ4v) is 1.44. The van der Waals surface area contributed by atoms with Crippen molar-refractivity contribution >= 4 is 12.1 Å². The van der Waals surface area contributed by atoms with E-state index in [0.29, 0.717) is 13.0 Å². The van der Waals surface area contributed by atoms with Crippen molar-refractivity contribution in [1.82, 2.24) is 4.90 Å². The van der Waals surface area contributed by atoms with Crippen LogP contribution in [0.25, 0.3) is 0 Å². The molecular weight excluding hydrogens is 224 g/mol. The highest BCUT2D eigenvalue weighted by molar-refractivity contribution is 5.89. The second-order valence-corrected chi connectivity index (χ2v) is 4.96. The molecule has 17 heavy (non-hydrogen) atoms. The fourth-order valence-electron chi connectivity index (χ4n) is 1.44. The topological polar surface area (TPSA) is 92.9 Å². The summed E-state index contributed by atoms with van der Waals surface area (Å²) in [6, 6.07) is -0.536. The van der Waals surface area contributed by atoms with Gasteiger partial charge in [0.05, 0.1) is 5.57 Å². The van der Waals surface area contributed by atoms with Gasteiger partial charge in [0.15, 0.2) is 0 Å². The summed E-state index contributed by atoms with van der Waals surface area (Å²) in [6.07, 6.45) is 1.12. The molecule has 0 aromatic carbocycles. The average Bonchev–Trinajstić information content (AvgIpc) is 2.14. The number of rotatable bonds is 1. The summed E-state index contributed by atoms with van der Waals surface area (Å²) >= 11 is 0. The Labute approximate surface area is 100 Å². The molecule has 0 unspecified atom stereocenters. The van der Waals surface area contributed by atoms with E-state index in [4.69, 9.17) is 15.6 Å². The third-order valence-electron chi connectivity index (χ3n) is 2.25. The monoisotopic (exact) mass is 242 g/mol. The number of hydrogen-bond donors (Lipinski definition) is 2. The Bertz CT molecular complexity index is 357. The zero-order chi connectivity index (χ0) is 13.2. The third-order valence-corrected chi connectivity index (χ3v) is 2.25. The number of nitrogens with two attached hydrogens (primary N) is 1. The van der Waals surface area contributed by atoms with Gasteiger partial charge < -0.3 is 15.6 Å². The summed E-state index contributed by atoms with van der Waals surface area (Å²) in [5.41, 5.74) is 5.07. The Balaban J connectivity index is 2.80. The van der Waals surface area contributed by atoms with Crippen molar-refractivity contribution in [3.05, 3.63) is 11.8 Å². The lowest BCUT2D eigenvalue weighted by atomic mass is 10.0. The van der Waals surface area contributed by atoms with Gasteiger partial charge in [-0.3, -0.25) is 4.90 Å². The van der Waals surface area contributed by atoms with Crippen LogP contribution < -0.4 is 5.73 Å². The van der Waals surface area contributed by atoms with Crippen LogP contribution in [0.15, 0.2) is 11.8 Å². The molecule has 0 fully saturated rings. The van der Waals surface area contributed by atoms with E-state index >= 15 is 0 Å². The predicted molar refractivity (Wildman–Crippen MR) is 61.3 cm³/mol. The van der Waals surface area contributed by atoms with E-state index in [1.54, 1.807) is 20.8 Å². The molecule has 0 aromatic rings. The van der Waals surface area contributed by atoms with Crippen LogP contribution in [0.3, 0.4) is 0 Å². The second kappa shape index (κ2) is 4.75. The molecule has 6 heteroatoms. The van der Waals surface area contributed by atoms with E-state index < -0.39 is 23.7 Å². The van der Waals surface area contributed by atoms with Gasteiger partial charge in [-0.1, -0.05) is 0 Å². The first-order chi connectivity index (χ1) is 7.70. The molecule has 0 saturated heterocycles. The van der Waals surface area contributed by atoms with Gasteiger partial charge in [-0.15, -0.1) is 0 Å². The smallest absolute Gasteiger partial charge is 0.414 e. The normalized spacial score (nSPS) is 20.8. The number of hydrogen-bond acceptors (Lipinski definition) is 4. The Kier molecular flexibility index (Phi) is 3.77. The van der Waals surface area contributed by atoms with Crippen LogP contribution in [0.5, 0.6) is 0 Å². The molecule has 0 radical (unpaired) electrons. The lowest BCUT2D eigenvalue weighted by molar-refractivity contribution is -0.133. The molecule has 1 amide bonds. The number of aliphatic carboxylic acids is 1. The van der Waals surface area contributed by atoms with E-state index in [1.807, 2.05) is 0 Å². The van der Waals surface area contributed by atoms with Crippen molar-refractivity contribution in [2.45, 2.75) is 38.8 Å². The maximum absolute atomic E-state index is 11.7. The number of carboxylic acids is 1. The lowest BCUT2D eigenvalue weighted by Crippen LogP contribution is -2.42. The number of ether oxygens (including phenoxy) is 1. The Hall–Kier alpha value is -1.56. The molecule has 6 nitrogen and oxygen atoms in total. The van der Waals surface area contributed by atoms with Gasteiger partial charge in [0.1, 0.15) is 5.60 Å². The van der Waals surface area contributed by atoms with Crippen LogP contribution in [0.2, 0.25) is 0 Å². The van der Waals surface area contributed by atoms with Crippen LogP contribution >= 0.6 is 0 Å². The largest absolute Gasteiger partial charge is 0.478 e. The summed E-state index contributed by atoms with van der Waals surface area (Å²) in [5.74, 6) is -1.11. The number of carbonyl (C=O) groups is 2. The molecule has 0 bridgehead atoms. The van der Waals surface area contributed by atoms with E-state index in [1.165, 1.54) is 11.1 Å². The van der Waals surface area contributed by atoms with Crippen molar-refractivity contribution in [2.24, 2.45) is 5.73 Å². The van der Waals surface area contributed by atoms with Crippen LogP contribution in [0.4, 0.5) is 4.79 Å². The SMILES string of the molecule is CC(C)(C)OC(=O)N1C=C(C(=O)O)[C@H](N)CC1. The molecule has 0 saturated carbocycles. The lowest BCUT2D eigenvalue weighted by Gasteiger charge is -2.29. The molecule has 0 spiro atoms. The Morgan fingerprint density at radius 1 is 1.53 bits per heavy atom. The van der Waals surface area contributed by atoms with E-state index in [0.717, 1.165) is 0 Å². The predicted octanol–water partition coefficient (Wildman–Crippen LogP) is 0.923. The van der Waals surface area contributed by atoms with E-state index in [9.17, 15) is 9.59 Å². The molecule has 1 aliphatic rings. The number of nitrogens with zero attached hydrogens (tertiary/aromatic N) is 1. The van der Waals surface area contributed by atoms with E-state index in [-0.39, 0.29) is 5.57 Å². The highest BCUT2D eigenvalue weighted by Gasteiger charge is 2.28. The number of carbonyl (C=O) groups excluding carboxylic acids is 1. The average molecular weight is 242 g/mol. The quantitative estimate of drug-likeness (QED) is 0.713. The molecule has 0 aromatic heterocycles. The third kappa shape index (κ3) is 3.74. The van der Waals surface area contributed by atoms with Gasteiger partial charge in [-0.05, 0) is 27.2 Å². The minimum absolute atomic E-state index is 0.0297. The molecule has 0 aliphatic carbocycles. The van der Waals surface area contributed by atoms with Gasteiger partial charge in [0.2, 0.25) is 0 Å². The summed E-state index contributed by atoms with van der Waals surface area (Å²) < 4.78 is 5.15. The molecule has 96 valence electrons. The zero-order valence-electron chi connectivity index (χ0n) is 10.3. The van der Waals surface area contributed by atoms with Crippen LogP contribution in [-0.2, 0) is 9.53 Å². The number of amides is 1. The van der Waals surface area contributed by atoms with Gasteiger partial charge in [0.25, 0.3) is 0 Å². The first-order valence-corrected chi connectivity index (χ1v) is 5.41. The van der Waals surface area contributed by atoms with Crippen molar-refractivity contribution < 1.29 is 19.4 Å². The van der Waals surface area contributed by atoms with Crippen molar-refractivity contribution in [2.75, 3.05) is 6.54 Å². The van der Waals surface area contributed by atoms with Crippen molar-refractivity contribution in [1.29, 1.82) is 0 Å². The maximum atomic E-state index is 11.7. The van der Waals surface area contributed by atoms with Gasteiger partial charge in [0, 0.05) is 18.8 Å². The molecule has 1 heterocycles. The van der Waals surface area contributed by atoms with E-state index in [2.05, 4.69) is 0 Å². The summed E-state index contributed by atoms with van der Waals surface area (Å²) in [4.78, 5) is 23.9. The second-order valence-electron chi connectivity index (χ2n) is 4.96. The summed E-state index contributed by atoms with van der Waals surface area (Å²) in [7, 11) is 0. The Morgan fingerprint density at radius 3 is 2.59 bits per heavy atom. The first kappa shape index (κ1) is 13.5.